The van der Waals surface area contributed by atoms with E-state index in [0.717, 1.165) is 18.6 Å². The molecule has 0 bridgehead atoms. The summed E-state index contributed by atoms with van der Waals surface area (Å²) in [6.45, 7) is 0. The fourth-order valence-corrected chi connectivity index (χ4v) is 5.97. The Balaban J connectivity index is 1.65. The number of hydrogen-bond acceptors (Lipinski definition) is 2. The van der Waals surface area contributed by atoms with Crippen molar-refractivity contribution >= 4 is 56.1 Å². The molecular weight excluding hydrogens is 606 g/mol. The second-order valence-electron chi connectivity index (χ2n) is 6.24. The van der Waals surface area contributed by atoms with Crippen molar-refractivity contribution in [3.63, 3.8) is 0 Å². The van der Waals surface area contributed by atoms with E-state index in [1.807, 2.05) is 30.3 Å². The van der Waals surface area contributed by atoms with E-state index in [-0.39, 0.29) is 16.6 Å². The van der Waals surface area contributed by atoms with Crippen LogP contribution in [0.2, 0.25) is 0 Å². The summed E-state index contributed by atoms with van der Waals surface area (Å²) in [6, 6.07) is 33.0. The zero-order valence-corrected chi connectivity index (χ0v) is 20.4. The molecule has 4 rings (SSSR count). The van der Waals surface area contributed by atoms with E-state index >= 15 is 0 Å². The summed E-state index contributed by atoms with van der Waals surface area (Å²) in [7, 11) is -0.172. The van der Waals surface area contributed by atoms with Crippen molar-refractivity contribution < 1.29 is 9.84 Å². The van der Waals surface area contributed by atoms with Crippen LogP contribution in [0.5, 0.6) is 17.2 Å². The van der Waals surface area contributed by atoms with Crippen LogP contribution in [-0.4, -0.2) is 5.11 Å². The molecule has 0 aliphatic rings. The van der Waals surface area contributed by atoms with E-state index in [2.05, 4.69) is 106 Å². The molecule has 29 heavy (non-hydrogen) atoms. The zero-order valence-electron chi connectivity index (χ0n) is 15.3. The highest BCUT2D eigenvalue weighted by Crippen LogP contribution is 2.35. The third kappa shape index (κ3) is 4.90. The SMILES string of the molecule is Oc1cc(I)c(Oc2ccc([S+](c3ccccc3)c3ccccc3)cc2)cc1I. The number of phenols is 1. The third-order valence-corrected chi connectivity index (χ3v) is 8.18. The molecule has 0 spiro atoms. The Morgan fingerprint density at radius 2 is 1.14 bits per heavy atom. The maximum atomic E-state index is 9.84. The Bertz CT molecular complexity index is 1060. The quantitative estimate of drug-likeness (QED) is 0.185. The first-order valence-corrected chi connectivity index (χ1v) is 12.3. The maximum absolute atomic E-state index is 9.84. The van der Waals surface area contributed by atoms with Crippen LogP contribution < -0.4 is 4.74 Å². The van der Waals surface area contributed by atoms with Crippen molar-refractivity contribution in [2.24, 2.45) is 0 Å². The highest BCUT2D eigenvalue weighted by atomic mass is 127. The molecule has 0 heterocycles. The minimum atomic E-state index is -0.172. The lowest BCUT2D eigenvalue weighted by Gasteiger charge is -2.11. The summed E-state index contributed by atoms with van der Waals surface area (Å²) in [5.41, 5.74) is 0. The van der Waals surface area contributed by atoms with Gasteiger partial charge in [0.15, 0.2) is 14.7 Å². The predicted molar refractivity (Wildman–Crippen MR) is 135 cm³/mol. The van der Waals surface area contributed by atoms with Crippen molar-refractivity contribution in [2.45, 2.75) is 14.7 Å². The summed E-state index contributed by atoms with van der Waals surface area (Å²) in [4.78, 5) is 3.81. The number of aromatic hydroxyl groups is 1. The van der Waals surface area contributed by atoms with Crippen molar-refractivity contribution in [1.29, 1.82) is 0 Å². The molecule has 144 valence electrons. The van der Waals surface area contributed by atoms with Crippen LogP contribution in [0.1, 0.15) is 0 Å². The van der Waals surface area contributed by atoms with Gasteiger partial charge < -0.3 is 9.84 Å². The van der Waals surface area contributed by atoms with Crippen LogP contribution in [0, 0.1) is 7.14 Å². The van der Waals surface area contributed by atoms with E-state index in [0.29, 0.717) is 0 Å². The normalized spacial score (nSPS) is 10.9. The van der Waals surface area contributed by atoms with Crippen molar-refractivity contribution in [3.8, 4) is 17.2 Å². The summed E-state index contributed by atoms with van der Waals surface area (Å²) in [5.74, 6) is 1.79. The fraction of sp³-hybridized carbons (Fsp3) is 0. The average molecular weight is 623 g/mol. The monoisotopic (exact) mass is 623 g/mol. The molecule has 1 N–H and O–H groups in total. The number of phenolic OH excluding ortho intramolecular Hbond substituents is 1. The van der Waals surface area contributed by atoms with Crippen LogP contribution in [0.15, 0.2) is 112 Å². The molecule has 0 aliphatic carbocycles. The average Bonchev–Trinajstić information content (AvgIpc) is 2.75. The van der Waals surface area contributed by atoms with E-state index in [1.54, 1.807) is 6.07 Å². The Kier molecular flexibility index (Phi) is 6.67. The van der Waals surface area contributed by atoms with E-state index in [1.165, 1.54) is 14.7 Å². The smallest absolute Gasteiger partial charge is 0.166 e. The van der Waals surface area contributed by atoms with Gasteiger partial charge in [-0.15, -0.1) is 0 Å². The summed E-state index contributed by atoms with van der Waals surface area (Å²) in [5, 5.41) is 9.84. The van der Waals surface area contributed by atoms with E-state index in [9.17, 15) is 5.11 Å². The topological polar surface area (TPSA) is 29.5 Å². The number of rotatable bonds is 5. The number of hydrogen-bond donors (Lipinski definition) is 1. The minimum Gasteiger partial charge on any atom is -0.507 e. The van der Waals surface area contributed by atoms with Gasteiger partial charge in [0.2, 0.25) is 0 Å². The highest BCUT2D eigenvalue weighted by Gasteiger charge is 2.28. The predicted octanol–water partition coefficient (Wildman–Crippen LogP) is 7.49. The molecule has 2 nitrogen and oxygen atoms in total. The van der Waals surface area contributed by atoms with Gasteiger partial charge in [0.25, 0.3) is 0 Å². The molecule has 0 aliphatic heterocycles. The maximum Gasteiger partial charge on any atom is 0.166 e. The van der Waals surface area contributed by atoms with Gasteiger partial charge in [-0.25, -0.2) is 0 Å². The first-order valence-electron chi connectivity index (χ1n) is 8.92. The Morgan fingerprint density at radius 3 is 1.69 bits per heavy atom. The molecule has 5 heteroatoms. The first-order chi connectivity index (χ1) is 14.1. The number of benzene rings is 4. The molecule has 4 aromatic carbocycles. The van der Waals surface area contributed by atoms with E-state index < -0.39 is 0 Å². The van der Waals surface area contributed by atoms with E-state index in [4.69, 9.17) is 4.74 Å². The molecule has 0 amide bonds. The lowest BCUT2D eigenvalue weighted by Crippen LogP contribution is -2.04. The lowest BCUT2D eigenvalue weighted by molar-refractivity contribution is 0.458. The molecule has 0 radical (unpaired) electrons. The van der Waals surface area contributed by atoms with Gasteiger partial charge >= 0.3 is 0 Å². The molecule has 0 unspecified atom stereocenters. The molecule has 0 aromatic heterocycles. The van der Waals surface area contributed by atoms with Crippen molar-refractivity contribution in [1.82, 2.24) is 0 Å². The second-order valence-corrected chi connectivity index (χ2v) is 10.6. The Labute approximate surface area is 200 Å². The van der Waals surface area contributed by atoms with Crippen LogP contribution >= 0.6 is 45.2 Å². The molecule has 4 aromatic rings. The van der Waals surface area contributed by atoms with Crippen LogP contribution in [-0.2, 0) is 10.9 Å². The van der Waals surface area contributed by atoms with Crippen molar-refractivity contribution in [2.75, 3.05) is 0 Å². The molecule has 0 atom stereocenters. The van der Waals surface area contributed by atoms with Crippen LogP contribution in [0.4, 0.5) is 0 Å². The fourth-order valence-electron chi connectivity index (χ4n) is 2.89. The van der Waals surface area contributed by atoms with Gasteiger partial charge in [-0.2, -0.15) is 0 Å². The first kappa shape index (κ1) is 20.6. The Morgan fingerprint density at radius 1 is 0.621 bits per heavy atom. The zero-order chi connectivity index (χ0) is 20.2. The standard InChI is InChI=1S/C24H16I2O2S/c25-21-16-24(22(26)15-23(21)27)28-17-11-13-20(14-12-17)29(18-7-3-1-4-8-18)19-9-5-2-6-10-19/h1-16H/p+1. The summed E-state index contributed by atoms with van der Waals surface area (Å²) >= 11 is 4.28. The van der Waals surface area contributed by atoms with Gasteiger partial charge in [-0.3, -0.25) is 0 Å². The lowest BCUT2D eigenvalue weighted by atomic mass is 10.3. The van der Waals surface area contributed by atoms with Gasteiger partial charge in [0.05, 0.1) is 18.0 Å². The van der Waals surface area contributed by atoms with Crippen LogP contribution in [0.25, 0.3) is 0 Å². The van der Waals surface area contributed by atoms with Gasteiger partial charge in [0, 0.05) is 0 Å². The van der Waals surface area contributed by atoms with Gasteiger partial charge in [0.1, 0.15) is 17.2 Å². The molecule has 0 fully saturated rings. The van der Waals surface area contributed by atoms with Gasteiger partial charge in [-0.05, 0) is 106 Å². The molecule has 0 saturated heterocycles. The Hall–Kier alpha value is -1.71. The third-order valence-electron chi connectivity index (χ3n) is 4.25. The van der Waals surface area contributed by atoms with Crippen molar-refractivity contribution in [3.05, 3.63) is 104 Å². The summed E-state index contributed by atoms with van der Waals surface area (Å²) in [6.07, 6.45) is 0. The summed E-state index contributed by atoms with van der Waals surface area (Å²) < 4.78 is 7.71. The number of ether oxygens (including phenoxy) is 1. The molecule has 0 saturated carbocycles. The minimum absolute atomic E-state index is 0.172. The van der Waals surface area contributed by atoms with Crippen LogP contribution in [0.3, 0.4) is 0 Å². The van der Waals surface area contributed by atoms with Gasteiger partial charge in [-0.1, -0.05) is 36.4 Å². The molecular formula is C24H17I2O2S+. The number of halogens is 2. The second kappa shape index (κ2) is 9.40. The largest absolute Gasteiger partial charge is 0.507 e. The highest BCUT2D eigenvalue weighted by molar-refractivity contribution is 14.1.